The lowest BCUT2D eigenvalue weighted by Gasteiger charge is -2.35. The second kappa shape index (κ2) is 7.04. The van der Waals surface area contributed by atoms with E-state index in [4.69, 9.17) is 9.47 Å². The summed E-state index contributed by atoms with van der Waals surface area (Å²) in [4.78, 5) is 0. The monoisotopic (exact) mass is 264 g/mol. The smallest absolute Gasteiger partial charge is 0.0880 e. The normalized spacial score (nSPS) is 27.4. The quantitative estimate of drug-likeness (QED) is 0.858. The van der Waals surface area contributed by atoms with Crippen molar-refractivity contribution in [3.05, 3.63) is 35.9 Å². The Morgan fingerprint density at radius 1 is 1.21 bits per heavy atom. The van der Waals surface area contributed by atoms with Crippen LogP contribution in [0.5, 0.6) is 0 Å². The average Bonchev–Trinajstić information content (AvgIpc) is 2.43. The van der Waals surface area contributed by atoms with E-state index in [2.05, 4.69) is 12.1 Å². The van der Waals surface area contributed by atoms with Gasteiger partial charge in [0.05, 0.1) is 18.8 Å². The van der Waals surface area contributed by atoms with E-state index in [0.717, 1.165) is 32.3 Å². The zero-order chi connectivity index (χ0) is 13.6. The first-order valence-electron chi connectivity index (χ1n) is 7.05. The molecule has 1 N–H and O–H groups in total. The molecule has 0 bridgehead atoms. The van der Waals surface area contributed by atoms with Gasteiger partial charge in [-0.05, 0) is 37.2 Å². The lowest BCUT2D eigenvalue weighted by atomic mass is 9.79. The van der Waals surface area contributed by atoms with Crippen LogP contribution in [0.15, 0.2) is 30.3 Å². The molecule has 1 aromatic rings. The van der Waals surface area contributed by atoms with Gasteiger partial charge in [-0.3, -0.25) is 0 Å². The van der Waals surface area contributed by atoms with Gasteiger partial charge in [-0.25, -0.2) is 0 Å². The minimum atomic E-state index is -0.606. The van der Waals surface area contributed by atoms with E-state index in [9.17, 15) is 5.11 Å². The predicted molar refractivity (Wildman–Crippen MR) is 74.9 cm³/mol. The Balaban J connectivity index is 1.66. The second-order valence-electron chi connectivity index (χ2n) is 5.60. The van der Waals surface area contributed by atoms with E-state index in [1.807, 2.05) is 18.2 Å². The first-order chi connectivity index (χ1) is 9.22. The highest BCUT2D eigenvalue weighted by molar-refractivity contribution is 5.13. The molecule has 3 heteroatoms. The number of ether oxygens (including phenoxy) is 2. The molecule has 0 aromatic heterocycles. The Morgan fingerprint density at radius 2 is 1.89 bits per heavy atom. The zero-order valence-corrected chi connectivity index (χ0v) is 11.7. The second-order valence-corrected chi connectivity index (χ2v) is 5.60. The number of hydrogen-bond acceptors (Lipinski definition) is 3. The van der Waals surface area contributed by atoms with E-state index in [0.29, 0.717) is 19.1 Å². The van der Waals surface area contributed by atoms with Crippen molar-refractivity contribution in [3.63, 3.8) is 0 Å². The van der Waals surface area contributed by atoms with E-state index < -0.39 is 5.60 Å². The number of rotatable bonds is 6. The fourth-order valence-corrected chi connectivity index (χ4v) is 2.71. The van der Waals surface area contributed by atoms with Crippen molar-refractivity contribution in [2.75, 3.05) is 20.3 Å². The van der Waals surface area contributed by atoms with Crippen molar-refractivity contribution in [2.24, 2.45) is 5.92 Å². The number of aliphatic hydroxyl groups is 1. The molecule has 1 saturated carbocycles. The third-order valence-corrected chi connectivity index (χ3v) is 3.91. The fourth-order valence-electron chi connectivity index (χ4n) is 2.71. The lowest BCUT2D eigenvalue weighted by Crippen LogP contribution is -2.39. The highest BCUT2D eigenvalue weighted by Crippen LogP contribution is 2.32. The van der Waals surface area contributed by atoms with E-state index >= 15 is 0 Å². The molecule has 0 atom stereocenters. The summed E-state index contributed by atoms with van der Waals surface area (Å²) in [5, 5.41) is 10.2. The van der Waals surface area contributed by atoms with Crippen molar-refractivity contribution >= 4 is 0 Å². The Hall–Kier alpha value is -0.900. The van der Waals surface area contributed by atoms with Crippen LogP contribution in [0.4, 0.5) is 0 Å². The standard InChI is InChI=1S/C16H24O3/c1-18-13-16(17)9-7-15(8-10-16)12-19-11-14-5-3-2-4-6-14/h2-6,15,17H,7-13H2,1H3/t15-,16+. The maximum absolute atomic E-state index is 10.2. The summed E-state index contributed by atoms with van der Waals surface area (Å²) >= 11 is 0. The summed E-state index contributed by atoms with van der Waals surface area (Å²) in [5.74, 6) is 0.570. The van der Waals surface area contributed by atoms with E-state index in [1.165, 1.54) is 5.56 Å². The Bertz CT molecular complexity index is 356. The average molecular weight is 264 g/mol. The molecule has 0 amide bonds. The molecule has 0 saturated heterocycles. The Morgan fingerprint density at radius 3 is 2.53 bits per heavy atom. The molecule has 3 nitrogen and oxygen atoms in total. The van der Waals surface area contributed by atoms with Gasteiger partial charge in [0.15, 0.2) is 0 Å². The summed E-state index contributed by atoms with van der Waals surface area (Å²) in [6.45, 7) is 1.92. The number of hydrogen-bond donors (Lipinski definition) is 1. The van der Waals surface area contributed by atoms with Crippen LogP contribution in [0.2, 0.25) is 0 Å². The lowest BCUT2D eigenvalue weighted by molar-refractivity contribution is -0.0716. The van der Waals surface area contributed by atoms with Gasteiger partial charge in [-0.2, -0.15) is 0 Å². The largest absolute Gasteiger partial charge is 0.387 e. The minimum Gasteiger partial charge on any atom is -0.387 e. The summed E-state index contributed by atoms with van der Waals surface area (Å²) in [5.41, 5.74) is 0.610. The van der Waals surface area contributed by atoms with Crippen molar-refractivity contribution in [3.8, 4) is 0 Å². The van der Waals surface area contributed by atoms with Gasteiger partial charge < -0.3 is 14.6 Å². The van der Waals surface area contributed by atoms with Crippen molar-refractivity contribution in [2.45, 2.75) is 37.9 Å². The van der Waals surface area contributed by atoms with Gasteiger partial charge in [0.25, 0.3) is 0 Å². The third-order valence-electron chi connectivity index (χ3n) is 3.91. The summed E-state index contributed by atoms with van der Waals surface area (Å²) in [6.07, 6.45) is 3.68. The first kappa shape index (κ1) is 14.5. The van der Waals surface area contributed by atoms with Gasteiger partial charge >= 0.3 is 0 Å². The van der Waals surface area contributed by atoms with E-state index in [1.54, 1.807) is 7.11 Å². The third kappa shape index (κ3) is 4.60. The van der Waals surface area contributed by atoms with Gasteiger partial charge in [0.2, 0.25) is 0 Å². The molecule has 2 rings (SSSR count). The molecule has 0 radical (unpaired) electrons. The van der Waals surface area contributed by atoms with Crippen LogP contribution >= 0.6 is 0 Å². The van der Waals surface area contributed by atoms with Crippen molar-refractivity contribution in [1.82, 2.24) is 0 Å². The van der Waals surface area contributed by atoms with Crippen LogP contribution in [-0.4, -0.2) is 31.0 Å². The van der Waals surface area contributed by atoms with Gasteiger partial charge in [0.1, 0.15) is 0 Å². The molecular formula is C16H24O3. The molecule has 0 unspecified atom stereocenters. The van der Waals surface area contributed by atoms with E-state index in [-0.39, 0.29) is 0 Å². The molecule has 106 valence electrons. The highest BCUT2D eigenvalue weighted by Gasteiger charge is 2.33. The van der Waals surface area contributed by atoms with Crippen molar-refractivity contribution in [1.29, 1.82) is 0 Å². The molecule has 1 fully saturated rings. The maximum atomic E-state index is 10.2. The molecule has 1 aliphatic rings. The molecule has 1 aromatic carbocycles. The maximum Gasteiger partial charge on any atom is 0.0880 e. The number of methoxy groups -OCH3 is 1. The topological polar surface area (TPSA) is 38.7 Å². The van der Waals surface area contributed by atoms with Gasteiger partial charge in [-0.1, -0.05) is 30.3 Å². The van der Waals surface area contributed by atoms with Crippen LogP contribution in [0.3, 0.4) is 0 Å². The van der Waals surface area contributed by atoms with Crippen LogP contribution in [0.25, 0.3) is 0 Å². The minimum absolute atomic E-state index is 0.449. The van der Waals surface area contributed by atoms with Crippen LogP contribution < -0.4 is 0 Å². The Labute approximate surface area is 115 Å². The molecule has 0 aliphatic heterocycles. The van der Waals surface area contributed by atoms with Crippen LogP contribution in [0.1, 0.15) is 31.2 Å². The van der Waals surface area contributed by atoms with Gasteiger partial charge in [0, 0.05) is 13.7 Å². The Kier molecular flexibility index (Phi) is 5.37. The van der Waals surface area contributed by atoms with Crippen molar-refractivity contribution < 1.29 is 14.6 Å². The van der Waals surface area contributed by atoms with Gasteiger partial charge in [-0.15, -0.1) is 0 Å². The van der Waals surface area contributed by atoms with Crippen LogP contribution in [-0.2, 0) is 16.1 Å². The molecule has 0 spiro atoms. The fraction of sp³-hybridized carbons (Fsp3) is 0.625. The van der Waals surface area contributed by atoms with Crippen LogP contribution in [0, 0.1) is 5.92 Å². The summed E-state index contributed by atoms with van der Waals surface area (Å²) in [7, 11) is 1.65. The number of benzene rings is 1. The molecule has 19 heavy (non-hydrogen) atoms. The summed E-state index contributed by atoms with van der Waals surface area (Å²) in [6, 6.07) is 10.2. The predicted octanol–water partition coefficient (Wildman–Crippen LogP) is 2.77. The molecule has 0 heterocycles. The first-order valence-corrected chi connectivity index (χ1v) is 7.05. The molecular weight excluding hydrogens is 240 g/mol. The SMILES string of the molecule is COC[C@]1(O)CC[C@@H](COCc2ccccc2)CC1. The summed E-state index contributed by atoms with van der Waals surface area (Å²) < 4.78 is 10.9. The highest BCUT2D eigenvalue weighted by atomic mass is 16.5. The molecule has 1 aliphatic carbocycles. The zero-order valence-electron chi connectivity index (χ0n) is 11.7.